The predicted octanol–water partition coefficient (Wildman–Crippen LogP) is 5.50. The highest BCUT2D eigenvalue weighted by Gasteiger charge is 2.16. The summed E-state index contributed by atoms with van der Waals surface area (Å²) >= 11 is 0. The number of aryl methyl sites for hydroxylation is 2. The molecule has 0 fully saturated rings. The van der Waals surface area contributed by atoms with Crippen molar-refractivity contribution in [1.82, 2.24) is 0 Å². The van der Waals surface area contributed by atoms with Gasteiger partial charge in [-0.3, -0.25) is 4.79 Å². The van der Waals surface area contributed by atoms with Crippen molar-refractivity contribution in [3.63, 3.8) is 0 Å². The van der Waals surface area contributed by atoms with E-state index in [2.05, 4.69) is 26.0 Å². The monoisotopic (exact) mass is 352 g/mol. The van der Waals surface area contributed by atoms with Crippen molar-refractivity contribution in [2.24, 2.45) is 0 Å². The van der Waals surface area contributed by atoms with Crippen LogP contribution in [0.2, 0.25) is 0 Å². The van der Waals surface area contributed by atoms with E-state index in [1.165, 1.54) is 11.1 Å². The predicted molar refractivity (Wildman–Crippen MR) is 105 cm³/mol. The van der Waals surface area contributed by atoms with Crippen LogP contribution in [0, 0.1) is 13.8 Å². The van der Waals surface area contributed by atoms with Crippen molar-refractivity contribution < 1.29 is 14.3 Å². The Morgan fingerprint density at radius 3 is 2.54 bits per heavy atom. The Bertz CT molecular complexity index is 762. The second-order valence-corrected chi connectivity index (χ2v) is 6.37. The van der Waals surface area contributed by atoms with Crippen molar-refractivity contribution in [3.8, 4) is 5.75 Å². The van der Waals surface area contributed by atoms with Crippen molar-refractivity contribution in [2.75, 3.05) is 6.61 Å². The highest BCUT2D eigenvalue weighted by atomic mass is 16.5. The van der Waals surface area contributed by atoms with Gasteiger partial charge in [0.05, 0.1) is 13.0 Å². The Morgan fingerprint density at radius 1 is 1.12 bits per heavy atom. The van der Waals surface area contributed by atoms with Gasteiger partial charge in [-0.25, -0.2) is 0 Å². The number of allylic oxidation sites excluding steroid dienone is 2. The number of ether oxygens (including phenoxy) is 2. The van der Waals surface area contributed by atoms with Crippen LogP contribution in [0.5, 0.6) is 5.75 Å². The number of carbonyl (C=O) groups excluding carboxylic acids is 1. The molecule has 0 saturated heterocycles. The number of hydrogen-bond donors (Lipinski definition) is 0. The second kappa shape index (κ2) is 9.81. The van der Waals surface area contributed by atoms with Gasteiger partial charge >= 0.3 is 5.97 Å². The highest BCUT2D eigenvalue weighted by Crippen LogP contribution is 2.28. The molecule has 1 atom stereocenters. The third-order valence-electron chi connectivity index (χ3n) is 4.41. The van der Waals surface area contributed by atoms with Gasteiger partial charge in [0.2, 0.25) is 0 Å². The summed E-state index contributed by atoms with van der Waals surface area (Å²) in [5.41, 5.74) is 4.64. The third kappa shape index (κ3) is 5.48. The lowest BCUT2D eigenvalue weighted by Gasteiger charge is -2.17. The minimum absolute atomic E-state index is 0.0180. The van der Waals surface area contributed by atoms with Gasteiger partial charge in [0.15, 0.2) is 0 Å². The van der Waals surface area contributed by atoms with E-state index in [9.17, 15) is 4.79 Å². The smallest absolute Gasteiger partial charge is 0.306 e. The van der Waals surface area contributed by atoms with Gasteiger partial charge in [0, 0.05) is 5.92 Å². The van der Waals surface area contributed by atoms with Crippen molar-refractivity contribution in [3.05, 3.63) is 76.9 Å². The average molecular weight is 352 g/mol. The first-order chi connectivity index (χ1) is 12.5. The minimum Gasteiger partial charge on any atom is -0.489 e. The Morgan fingerprint density at radius 2 is 1.88 bits per heavy atom. The van der Waals surface area contributed by atoms with Crippen molar-refractivity contribution >= 4 is 5.97 Å². The first-order valence-electron chi connectivity index (χ1n) is 9.11. The zero-order valence-corrected chi connectivity index (χ0v) is 16.1. The highest BCUT2D eigenvalue weighted by molar-refractivity contribution is 5.71. The molecule has 0 aliphatic rings. The summed E-state index contributed by atoms with van der Waals surface area (Å²) in [6.07, 6.45) is 4.38. The van der Waals surface area contributed by atoms with E-state index in [1.54, 1.807) is 0 Å². The molecule has 3 nitrogen and oxygen atoms in total. The maximum absolute atomic E-state index is 11.9. The zero-order valence-electron chi connectivity index (χ0n) is 16.1. The summed E-state index contributed by atoms with van der Waals surface area (Å²) in [5, 5.41) is 0. The van der Waals surface area contributed by atoms with Crippen LogP contribution < -0.4 is 4.74 Å². The number of benzene rings is 2. The molecule has 1 unspecified atom stereocenters. The van der Waals surface area contributed by atoms with Gasteiger partial charge in [-0.05, 0) is 62.1 Å². The van der Waals surface area contributed by atoms with Crippen LogP contribution in [0.15, 0.2) is 54.6 Å². The van der Waals surface area contributed by atoms with Crippen LogP contribution in [0.25, 0.3) is 0 Å². The summed E-state index contributed by atoms with van der Waals surface area (Å²) in [6, 6.07) is 14.3. The second-order valence-electron chi connectivity index (χ2n) is 6.37. The molecular formula is C23H28O3. The van der Waals surface area contributed by atoms with Crippen LogP contribution in [0.3, 0.4) is 0 Å². The largest absolute Gasteiger partial charge is 0.489 e. The molecule has 0 aromatic heterocycles. The Hall–Kier alpha value is -2.55. The molecule has 0 saturated carbocycles. The number of esters is 1. The first-order valence-corrected chi connectivity index (χ1v) is 9.11. The van der Waals surface area contributed by atoms with E-state index in [1.807, 2.05) is 56.3 Å². The van der Waals surface area contributed by atoms with Crippen LogP contribution in [-0.4, -0.2) is 12.6 Å². The SMILES string of the molecule is CC=CC(CC(=O)OCC)c1ccc(OCc2ccccc2C)cc1C. The third-order valence-corrected chi connectivity index (χ3v) is 4.41. The van der Waals surface area contributed by atoms with Crippen molar-refractivity contribution in [1.29, 1.82) is 0 Å². The molecule has 2 aromatic rings. The Labute approximate surface area is 156 Å². The summed E-state index contributed by atoms with van der Waals surface area (Å²) in [6.45, 7) is 8.89. The normalized spacial score (nSPS) is 12.2. The van der Waals surface area contributed by atoms with Crippen LogP contribution in [0.4, 0.5) is 0 Å². The van der Waals surface area contributed by atoms with Gasteiger partial charge in [-0.1, -0.05) is 42.5 Å². The zero-order chi connectivity index (χ0) is 18.9. The van der Waals surface area contributed by atoms with E-state index in [-0.39, 0.29) is 11.9 Å². The van der Waals surface area contributed by atoms with Crippen LogP contribution in [0.1, 0.15) is 48.4 Å². The molecule has 0 bridgehead atoms. The summed E-state index contributed by atoms with van der Waals surface area (Å²) in [4.78, 5) is 11.9. The lowest BCUT2D eigenvalue weighted by molar-refractivity contribution is -0.143. The summed E-state index contributed by atoms with van der Waals surface area (Å²) in [5.74, 6) is 0.684. The van der Waals surface area contributed by atoms with Crippen molar-refractivity contribution in [2.45, 2.75) is 46.6 Å². The average Bonchev–Trinajstić information content (AvgIpc) is 2.61. The molecule has 0 aliphatic heterocycles. The van der Waals surface area contributed by atoms with E-state index < -0.39 is 0 Å². The molecule has 26 heavy (non-hydrogen) atoms. The Kier molecular flexibility index (Phi) is 7.46. The standard InChI is InChI=1S/C23H28O3/c1-5-9-19(15-23(24)25-6-2)22-13-12-21(14-18(22)4)26-16-20-11-8-7-10-17(20)3/h5,7-14,19H,6,15-16H2,1-4H3. The van der Waals surface area contributed by atoms with Crippen LogP contribution in [-0.2, 0) is 16.1 Å². The van der Waals surface area contributed by atoms with Gasteiger partial charge in [0.25, 0.3) is 0 Å². The quantitative estimate of drug-likeness (QED) is 0.465. The maximum atomic E-state index is 11.9. The molecule has 0 radical (unpaired) electrons. The van der Waals surface area contributed by atoms with Gasteiger partial charge in [-0.2, -0.15) is 0 Å². The van der Waals surface area contributed by atoms with E-state index in [0.717, 1.165) is 16.9 Å². The summed E-state index contributed by atoms with van der Waals surface area (Å²) in [7, 11) is 0. The lowest BCUT2D eigenvalue weighted by Crippen LogP contribution is -2.10. The molecule has 0 amide bonds. The van der Waals surface area contributed by atoms with Gasteiger partial charge in [-0.15, -0.1) is 0 Å². The Balaban J connectivity index is 2.11. The summed E-state index contributed by atoms with van der Waals surface area (Å²) < 4.78 is 11.1. The molecule has 0 N–H and O–H groups in total. The molecule has 0 aliphatic carbocycles. The minimum atomic E-state index is -0.171. The fourth-order valence-electron chi connectivity index (χ4n) is 3.00. The lowest BCUT2D eigenvalue weighted by atomic mass is 9.91. The molecule has 3 heteroatoms. The fourth-order valence-corrected chi connectivity index (χ4v) is 3.00. The van der Waals surface area contributed by atoms with Gasteiger partial charge in [0.1, 0.15) is 12.4 Å². The molecule has 138 valence electrons. The number of hydrogen-bond acceptors (Lipinski definition) is 3. The molecule has 0 heterocycles. The molecule has 2 aromatic carbocycles. The number of carbonyl (C=O) groups is 1. The fraction of sp³-hybridized carbons (Fsp3) is 0.348. The number of rotatable bonds is 8. The van der Waals surface area contributed by atoms with Crippen LogP contribution >= 0.6 is 0 Å². The molecule has 0 spiro atoms. The van der Waals surface area contributed by atoms with Gasteiger partial charge < -0.3 is 9.47 Å². The molecule has 2 rings (SSSR count). The topological polar surface area (TPSA) is 35.5 Å². The first kappa shape index (κ1) is 19.8. The van der Waals surface area contributed by atoms with E-state index >= 15 is 0 Å². The van der Waals surface area contributed by atoms with E-state index in [4.69, 9.17) is 9.47 Å². The maximum Gasteiger partial charge on any atom is 0.306 e. The molecular weight excluding hydrogens is 324 g/mol. The van der Waals surface area contributed by atoms with E-state index in [0.29, 0.717) is 19.6 Å².